The van der Waals surface area contributed by atoms with Gasteiger partial charge in [0.05, 0.1) is 36.1 Å². The van der Waals surface area contributed by atoms with Crippen molar-refractivity contribution in [2.75, 3.05) is 58.7 Å². The molecular weight excluding hydrogens is 584 g/mol. The van der Waals surface area contributed by atoms with Gasteiger partial charge in [0.2, 0.25) is 20.0 Å². The Morgan fingerprint density at radius 2 is 1.76 bits per heavy atom. The molecule has 0 bridgehead atoms. The number of hydrogen-bond donors (Lipinski definition) is 4. The fraction of sp³-hybridized carbons (Fsp3) is 0.536. The molecule has 3 rings (SSSR count). The number of aromatic hydroxyl groups is 1. The van der Waals surface area contributed by atoms with Crippen molar-refractivity contribution in [1.82, 2.24) is 5.32 Å². The van der Waals surface area contributed by atoms with Gasteiger partial charge in [0.25, 0.3) is 0 Å². The number of aliphatic hydroxyl groups is 1. The number of piperidine rings is 1. The highest BCUT2D eigenvalue weighted by Gasteiger charge is 2.26. The van der Waals surface area contributed by atoms with Crippen LogP contribution in [0, 0.1) is 0 Å². The number of rotatable bonds is 15. The molecule has 2 aromatic rings. The SMILES string of the molecule is CCCCS(=O)(=O)N(CC(=O)OCC)c1ccc(N2CCC(NC[C@H](O)c3ccc(O)c(NS(C)(=O)=O)c3)CC2)cc1. The molecule has 1 heterocycles. The van der Waals surface area contributed by atoms with E-state index in [-0.39, 0.29) is 42.9 Å². The van der Waals surface area contributed by atoms with Crippen LogP contribution in [0.25, 0.3) is 0 Å². The summed E-state index contributed by atoms with van der Waals surface area (Å²) in [7, 11) is -7.28. The third-order valence-corrected chi connectivity index (χ3v) is 9.37. The zero-order valence-electron chi connectivity index (χ0n) is 24.3. The molecule has 12 nitrogen and oxygen atoms in total. The third kappa shape index (κ3) is 9.75. The van der Waals surface area contributed by atoms with Crippen LogP contribution in [0.15, 0.2) is 42.5 Å². The predicted molar refractivity (Wildman–Crippen MR) is 164 cm³/mol. The first-order valence-corrected chi connectivity index (χ1v) is 17.6. The standard InChI is InChI=1S/C28H42N4O8S2/c1-4-6-17-42(38,39)32(20-28(35)40-5-2)24-10-8-23(9-11-24)31-15-13-22(14-16-31)29-19-27(34)21-7-12-26(33)25(18-21)30-41(3,36)37/h7-12,18,22,27,29-30,33-34H,4-6,13-17,19-20H2,1-3H3/t27-/m0/s1. The molecule has 2 aromatic carbocycles. The van der Waals surface area contributed by atoms with Gasteiger partial charge < -0.3 is 25.2 Å². The van der Waals surface area contributed by atoms with E-state index in [1.807, 2.05) is 19.1 Å². The second-order valence-electron chi connectivity index (χ2n) is 10.3. The lowest BCUT2D eigenvalue weighted by Crippen LogP contribution is -2.43. The molecule has 14 heteroatoms. The zero-order chi connectivity index (χ0) is 30.9. The summed E-state index contributed by atoms with van der Waals surface area (Å²) in [5, 5.41) is 23.9. The van der Waals surface area contributed by atoms with Crippen LogP contribution in [0.4, 0.5) is 17.1 Å². The molecule has 1 aliphatic heterocycles. The van der Waals surface area contributed by atoms with Crippen molar-refractivity contribution in [1.29, 1.82) is 0 Å². The van der Waals surface area contributed by atoms with E-state index in [2.05, 4.69) is 14.9 Å². The van der Waals surface area contributed by atoms with Gasteiger partial charge in [-0.3, -0.25) is 13.8 Å². The Hall–Kier alpha value is -3.07. The van der Waals surface area contributed by atoms with Crippen LogP contribution in [-0.4, -0.2) is 83.9 Å². The van der Waals surface area contributed by atoms with E-state index < -0.39 is 32.1 Å². The van der Waals surface area contributed by atoms with E-state index in [9.17, 15) is 31.8 Å². The Morgan fingerprint density at radius 1 is 1.10 bits per heavy atom. The fourth-order valence-electron chi connectivity index (χ4n) is 4.72. The highest BCUT2D eigenvalue weighted by Crippen LogP contribution is 2.29. The van der Waals surface area contributed by atoms with Gasteiger partial charge >= 0.3 is 5.97 Å². The predicted octanol–water partition coefficient (Wildman–Crippen LogP) is 2.56. The maximum atomic E-state index is 13.0. The Bertz CT molecular complexity index is 1390. The summed E-state index contributed by atoms with van der Waals surface area (Å²) in [6.07, 6.45) is 2.92. The average Bonchev–Trinajstić information content (AvgIpc) is 2.94. The monoisotopic (exact) mass is 626 g/mol. The first-order chi connectivity index (χ1) is 19.8. The summed E-state index contributed by atoms with van der Waals surface area (Å²) in [4.78, 5) is 14.4. The molecule has 4 N–H and O–H groups in total. The minimum atomic E-state index is -3.69. The van der Waals surface area contributed by atoms with Gasteiger partial charge in [-0.05, 0) is 68.1 Å². The Morgan fingerprint density at radius 3 is 2.36 bits per heavy atom. The van der Waals surface area contributed by atoms with Crippen molar-refractivity contribution in [2.45, 2.75) is 51.7 Å². The van der Waals surface area contributed by atoms with Crippen molar-refractivity contribution in [3.05, 3.63) is 48.0 Å². The maximum absolute atomic E-state index is 13.0. The summed E-state index contributed by atoms with van der Waals surface area (Å²) in [6.45, 7) is 5.13. The number of unbranched alkanes of at least 4 members (excludes halogenated alkanes) is 1. The fourth-order valence-corrected chi connectivity index (χ4v) is 6.90. The van der Waals surface area contributed by atoms with E-state index in [1.165, 1.54) is 12.1 Å². The molecule has 1 fully saturated rings. The molecule has 234 valence electrons. The Balaban J connectivity index is 1.57. The largest absolute Gasteiger partial charge is 0.506 e. The normalized spacial score (nSPS) is 15.3. The van der Waals surface area contributed by atoms with Crippen molar-refractivity contribution >= 4 is 43.1 Å². The number of anilines is 3. The molecular formula is C28H42N4O8S2. The molecule has 42 heavy (non-hydrogen) atoms. The molecule has 1 aliphatic rings. The molecule has 0 saturated carbocycles. The Labute approximate surface area is 248 Å². The van der Waals surface area contributed by atoms with Gasteiger partial charge in [0.15, 0.2) is 0 Å². The molecule has 1 saturated heterocycles. The second kappa shape index (κ2) is 14.9. The number of carbonyl (C=O) groups excluding carboxylic acids is 1. The first-order valence-electron chi connectivity index (χ1n) is 14.1. The van der Waals surface area contributed by atoms with Crippen molar-refractivity contribution < 1.29 is 36.6 Å². The highest BCUT2D eigenvalue weighted by atomic mass is 32.2. The molecule has 0 aliphatic carbocycles. The smallest absolute Gasteiger partial charge is 0.326 e. The van der Waals surface area contributed by atoms with E-state index in [4.69, 9.17) is 4.74 Å². The lowest BCUT2D eigenvalue weighted by atomic mass is 10.0. The van der Waals surface area contributed by atoms with Crippen LogP contribution in [0.5, 0.6) is 5.75 Å². The number of hydrogen-bond acceptors (Lipinski definition) is 10. The van der Waals surface area contributed by atoms with Gasteiger partial charge in [-0.2, -0.15) is 0 Å². The van der Waals surface area contributed by atoms with Crippen molar-refractivity contribution in [2.24, 2.45) is 0 Å². The van der Waals surface area contributed by atoms with E-state index in [0.717, 1.165) is 48.6 Å². The van der Waals surface area contributed by atoms with Crippen LogP contribution >= 0.6 is 0 Å². The number of sulfonamides is 2. The number of nitrogens with one attached hydrogen (secondary N) is 2. The number of aliphatic hydroxyl groups excluding tert-OH is 1. The molecule has 0 unspecified atom stereocenters. The number of carbonyl (C=O) groups is 1. The number of nitrogens with zero attached hydrogens (tertiary/aromatic N) is 2. The number of ether oxygens (including phenoxy) is 1. The summed E-state index contributed by atoms with van der Waals surface area (Å²) in [5.41, 5.74) is 1.83. The second-order valence-corrected chi connectivity index (χ2v) is 14.1. The number of phenols is 1. The Kier molecular flexibility index (Phi) is 11.9. The van der Waals surface area contributed by atoms with Crippen LogP contribution < -0.4 is 19.2 Å². The maximum Gasteiger partial charge on any atom is 0.326 e. The molecule has 0 aromatic heterocycles. The van der Waals surface area contributed by atoms with Crippen LogP contribution in [-0.2, 0) is 29.6 Å². The summed E-state index contributed by atoms with van der Waals surface area (Å²) < 4.78 is 57.4. The summed E-state index contributed by atoms with van der Waals surface area (Å²) in [5.74, 6) is -0.877. The topological polar surface area (TPSA) is 166 Å². The zero-order valence-corrected chi connectivity index (χ0v) is 26.0. The summed E-state index contributed by atoms with van der Waals surface area (Å²) in [6, 6.07) is 11.6. The lowest BCUT2D eigenvalue weighted by Gasteiger charge is -2.34. The van der Waals surface area contributed by atoms with Gasteiger partial charge in [-0.1, -0.05) is 19.4 Å². The minimum Gasteiger partial charge on any atom is -0.506 e. The lowest BCUT2D eigenvalue weighted by molar-refractivity contribution is -0.141. The third-order valence-electron chi connectivity index (χ3n) is 6.97. The van der Waals surface area contributed by atoms with Gasteiger partial charge in [0, 0.05) is 31.4 Å². The van der Waals surface area contributed by atoms with Gasteiger partial charge in [-0.15, -0.1) is 0 Å². The quantitative estimate of drug-likeness (QED) is 0.171. The van der Waals surface area contributed by atoms with Crippen molar-refractivity contribution in [3.63, 3.8) is 0 Å². The minimum absolute atomic E-state index is 0.0101. The first kappa shape index (κ1) is 33.4. The van der Waals surface area contributed by atoms with Crippen molar-refractivity contribution in [3.8, 4) is 5.75 Å². The van der Waals surface area contributed by atoms with Gasteiger partial charge in [-0.25, -0.2) is 16.8 Å². The van der Waals surface area contributed by atoms with Gasteiger partial charge in [0.1, 0.15) is 12.3 Å². The van der Waals surface area contributed by atoms with E-state index in [1.54, 1.807) is 25.1 Å². The summed E-state index contributed by atoms with van der Waals surface area (Å²) >= 11 is 0. The average molecular weight is 627 g/mol. The van der Waals surface area contributed by atoms with E-state index >= 15 is 0 Å². The van der Waals surface area contributed by atoms with E-state index in [0.29, 0.717) is 17.7 Å². The van der Waals surface area contributed by atoms with Crippen LogP contribution in [0.3, 0.4) is 0 Å². The van der Waals surface area contributed by atoms with Crippen LogP contribution in [0.2, 0.25) is 0 Å². The number of phenolic OH excluding ortho intramolecular Hbond substituents is 1. The molecule has 0 spiro atoms. The molecule has 0 radical (unpaired) electrons. The number of esters is 1. The molecule has 0 amide bonds. The molecule has 1 atom stereocenters. The highest BCUT2D eigenvalue weighted by molar-refractivity contribution is 7.92. The van der Waals surface area contributed by atoms with Crippen LogP contribution in [0.1, 0.15) is 51.2 Å². The number of benzene rings is 2.